The second-order valence-corrected chi connectivity index (χ2v) is 7.34. The Hall–Kier alpha value is -2.71. The third-order valence-corrected chi connectivity index (χ3v) is 5.42. The zero-order valence-corrected chi connectivity index (χ0v) is 16.2. The minimum absolute atomic E-state index is 0.0398. The lowest BCUT2D eigenvalue weighted by molar-refractivity contribution is -0.158. The zero-order chi connectivity index (χ0) is 20.2. The molecular weight excluding hydrogens is 374 g/mol. The Labute approximate surface area is 169 Å². The number of hydrogen-bond acceptors (Lipinski definition) is 5. The van der Waals surface area contributed by atoms with Crippen molar-refractivity contribution in [2.45, 2.75) is 38.5 Å². The summed E-state index contributed by atoms with van der Waals surface area (Å²) in [5.74, 6) is -1.21. The lowest BCUT2D eigenvalue weighted by Crippen LogP contribution is -2.47. The quantitative estimate of drug-likeness (QED) is 0.792. The van der Waals surface area contributed by atoms with Crippen molar-refractivity contribution in [3.63, 3.8) is 0 Å². The van der Waals surface area contributed by atoms with E-state index in [9.17, 15) is 14.7 Å². The first kappa shape index (κ1) is 19.6. The molecule has 1 unspecified atom stereocenters. The maximum absolute atomic E-state index is 12.7. The molecule has 3 heterocycles. The molecule has 2 aliphatic heterocycles. The summed E-state index contributed by atoms with van der Waals surface area (Å²) in [4.78, 5) is 26.1. The molecular formula is C21H25N3O5. The Kier molecular flexibility index (Phi) is 5.92. The molecule has 1 aromatic heterocycles. The molecule has 1 N–H and O–H groups in total. The Morgan fingerprint density at radius 3 is 2.76 bits per heavy atom. The lowest BCUT2D eigenvalue weighted by atomic mass is 10.0. The Morgan fingerprint density at radius 2 is 2.03 bits per heavy atom. The van der Waals surface area contributed by atoms with Crippen LogP contribution in [0.5, 0.6) is 0 Å². The first-order valence-corrected chi connectivity index (χ1v) is 9.97. The number of hydrogen-bond donors (Lipinski definition) is 1. The first-order chi connectivity index (χ1) is 14.1. The number of rotatable bonds is 6. The van der Waals surface area contributed by atoms with E-state index in [1.807, 2.05) is 22.9 Å². The second kappa shape index (κ2) is 8.75. The van der Waals surface area contributed by atoms with Gasteiger partial charge < -0.3 is 19.5 Å². The minimum atomic E-state index is -1.06. The van der Waals surface area contributed by atoms with Crippen molar-refractivity contribution in [2.24, 2.45) is 0 Å². The highest BCUT2D eigenvalue weighted by molar-refractivity contribution is 5.88. The molecule has 8 heteroatoms. The first-order valence-electron chi connectivity index (χ1n) is 9.97. The highest BCUT2D eigenvalue weighted by Crippen LogP contribution is 2.24. The maximum atomic E-state index is 12.7. The number of carbonyl (C=O) groups is 2. The van der Waals surface area contributed by atoms with Gasteiger partial charge >= 0.3 is 5.97 Å². The monoisotopic (exact) mass is 399 g/mol. The van der Waals surface area contributed by atoms with Crippen LogP contribution in [0.25, 0.3) is 0 Å². The summed E-state index contributed by atoms with van der Waals surface area (Å²) in [5, 5.41) is 14.0. The van der Waals surface area contributed by atoms with Crippen LogP contribution >= 0.6 is 0 Å². The van der Waals surface area contributed by atoms with Crippen molar-refractivity contribution < 1.29 is 24.2 Å². The van der Waals surface area contributed by atoms with Crippen LogP contribution in [0.2, 0.25) is 0 Å². The number of nitrogens with zero attached hydrogens (tertiary/aromatic N) is 3. The second-order valence-electron chi connectivity index (χ2n) is 7.34. The van der Waals surface area contributed by atoms with Gasteiger partial charge in [0, 0.05) is 37.3 Å². The van der Waals surface area contributed by atoms with E-state index in [1.54, 1.807) is 4.90 Å². The van der Waals surface area contributed by atoms with E-state index in [4.69, 9.17) is 9.47 Å². The van der Waals surface area contributed by atoms with Gasteiger partial charge in [-0.3, -0.25) is 9.48 Å². The van der Waals surface area contributed by atoms with Crippen LogP contribution in [0.3, 0.4) is 0 Å². The van der Waals surface area contributed by atoms with Crippen LogP contribution in [0.4, 0.5) is 0 Å². The number of amides is 1. The third-order valence-electron chi connectivity index (χ3n) is 5.42. The van der Waals surface area contributed by atoms with E-state index in [2.05, 4.69) is 17.2 Å². The maximum Gasteiger partial charge on any atom is 0.356 e. The molecule has 0 spiro atoms. The SMILES string of the molecule is O=C(O)c1nn(CCCc2ccccc2)c2c1CN(C(=O)C1COCCO1)CC2. The molecule has 1 aromatic carbocycles. The molecule has 0 aliphatic carbocycles. The average molecular weight is 399 g/mol. The molecule has 0 radical (unpaired) electrons. The van der Waals surface area contributed by atoms with Gasteiger partial charge in [-0.05, 0) is 18.4 Å². The minimum Gasteiger partial charge on any atom is -0.476 e. The summed E-state index contributed by atoms with van der Waals surface area (Å²) in [7, 11) is 0. The van der Waals surface area contributed by atoms with Crippen molar-refractivity contribution >= 4 is 11.9 Å². The number of aromatic carboxylic acids is 1. The van der Waals surface area contributed by atoms with Crippen LogP contribution < -0.4 is 0 Å². The smallest absolute Gasteiger partial charge is 0.356 e. The molecule has 0 saturated carbocycles. The van der Waals surface area contributed by atoms with Crippen LogP contribution in [0.15, 0.2) is 30.3 Å². The third kappa shape index (κ3) is 4.33. The number of aryl methyl sites for hydroxylation is 2. The van der Waals surface area contributed by atoms with Crippen molar-refractivity contribution in [2.75, 3.05) is 26.4 Å². The number of carbonyl (C=O) groups excluding carboxylic acids is 1. The molecule has 154 valence electrons. The predicted octanol–water partition coefficient (Wildman–Crippen LogP) is 1.51. The highest BCUT2D eigenvalue weighted by Gasteiger charge is 2.33. The summed E-state index contributed by atoms with van der Waals surface area (Å²) in [5.41, 5.74) is 2.84. The van der Waals surface area contributed by atoms with Crippen LogP contribution in [0.1, 0.15) is 33.7 Å². The van der Waals surface area contributed by atoms with Gasteiger partial charge in [-0.15, -0.1) is 0 Å². The number of carboxylic acid groups (broad SMARTS) is 1. The molecule has 8 nitrogen and oxygen atoms in total. The van der Waals surface area contributed by atoms with Crippen molar-refractivity contribution in [3.05, 3.63) is 52.8 Å². The van der Waals surface area contributed by atoms with Gasteiger partial charge in [-0.2, -0.15) is 5.10 Å². The standard InChI is InChI=1S/C21H25N3O5/c25-20(18-14-28-11-12-29-18)23-10-8-17-16(13-23)19(21(26)27)22-24(17)9-4-7-15-5-2-1-3-6-15/h1-3,5-6,18H,4,7-14H2,(H,26,27). The lowest BCUT2D eigenvalue weighted by Gasteiger charge is -2.32. The molecule has 2 aliphatic rings. The fourth-order valence-corrected chi connectivity index (χ4v) is 3.95. The van der Waals surface area contributed by atoms with E-state index >= 15 is 0 Å². The molecule has 0 bridgehead atoms. The van der Waals surface area contributed by atoms with Gasteiger partial charge in [-0.1, -0.05) is 30.3 Å². The fraction of sp³-hybridized carbons (Fsp3) is 0.476. The van der Waals surface area contributed by atoms with E-state index in [0.717, 1.165) is 18.5 Å². The van der Waals surface area contributed by atoms with E-state index in [1.165, 1.54) is 5.56 Å². The summed E-state index contributed by atoms with van der Waals surface area (Å²) < 4.78 is 12.6. The Bertz CT molecular complexity index is 874. The van der Waals surface area contributed by atoms with Crippen LogP contribution in [-0.2, 0) is 40.2 Å². The molecule has 1 saturated heterocycles. The number of benzene rings is 1. The van der Waals surface area contributed by atoms with Gasteiger partial charge in [0.15, 0.2) is 11.8 Å². The summed E-state index contributed by atoms with van der Waals surface area (Å²) in [6.07, 6.45) is 1.74. The predicted molar refractivity (Wildman–Crippen MR) is 104 cm³/mol. The molecule has 2 aromatic rings. The summed E-state index contributed by atoms with van der Waals surface area (Å²) in [6, 6.07) is 10.2. The van der Waals surface area contributed by atoms with Crippen molar-refractivity contribution in [3.8, 4) is 0 Å². The molecule has 29 heavy (non-hydrogen) atoms. The Morgan fingerprint density at radius 1 is 1.21 bits per heavy atom. The van der Waals surface area contributed by atoms with Crippen molar-refractivity contribution in [1.29, 1.82) is 0 Å². The number of fused-ring (bicyclic) bond motifs is 1. The van der Waals surface area contributed by atoms with Gasteiger partial charge in [0.1, 0.15) is 0 Å². The number of ether oxygens (including phenoxy) is 2. The largest absolute Gasteiger partial charge is 0.476 e. The normalized spacial score (nSPS) is 19.0. The van der Waals surface area contributed by atoms with E-state index in [-0.39, 0.29) is 24.8 Å². The summed E-state index contributed by atoms with van der Waals surface area (Å²) in [6.45, 7) is 2.55. The Balaban J connectivity index is 1.46. The van der Waals surface area contributed by atoms with Crippen LogP contribution in [-0.4, -0.2) is 64.1 Å². The number of aromatic nitrogens is 2. The fourth-order valence-electron chi connectivity index (χ4n) is 3.95. The topological polar surface area (TPSA) is 93.9 Å². The highest BCUT2D eigenvalue weighted by atomic mass is 16.6. The van der Waals surface area contributed by atoms with Crippen LogP contribution in [0, 0.1) is 0 Å². The van der Waals surface area contributed by atoms with E-state index in [0.29, 0.717) is 38.3 Å². The molecule has 4 rings (SSSR count). The number of carboxylic acids is 1. The van der Waals surface area contributed by atoms with Crippen molar-refractivity contribution in [1.82, 2.24) is 14.7 Å². The van der Waals surface area contributed by atoms with Gasteiger partial charge in [-0.25, -0.2) is 4.79 Å². The average Bonchev–Trinajstić information content (AvgIpc) is 3.13. The zero-order valence-electron chi connectivity index (χ0n) is 16.2. The van der Waals surface area contributed by atoms with Gasteiger partial charge in [0.25, 0.3) is 5.91 Å². The molecule has 1 fully saturated rings. The van der Waals surface area contributed by atoms with E-state index < -0.39 is 12.1 Å². The molecule has 1 amide bonds. The van der Waals surface area contributed by atoms with Gasteiger partial charge in [0.2, 0.25) is 0 Å². The molecule has 1 atom stereocenters. The van der Waals surface area contributed by atoms with Gasteiger partial charge in [0.05, 0.1) is 19.8 Å². The summed E-state index contributed by atoms with van der Waals surface area (Å²) >= 11 is 0.